The molecule has 2 aromatic carbocycles. The van der Waals surface area contributed by atoms with Gasteiger partial charge in [-0.1, -0.05) is 45.9 Å². The van der Waals surface area contributed by atoms with E-state index in [9.17, 15) is 39.9 Å². The molecule has 58 heavy (non-hydrogen) atoms. The van der Waals surface area contributed by atoms with E-state index in [2.05, 4.69) is 5.32 Å². The molecule has 0 radical (unpaired) electrons. The van der Waals surface area contributed by atoms with Crippen molar-refractivity contribution in [3.63, 3.8) is 0 Å². The van der Waals surface area contributed by atoms with Crippen molar-refractivity contribution in [2.75, 3.05) is 19.0 Å². The van der Waals surface area contributed by atoms with Gasteiger partial charge in [0.05, 0.1) is 42.1 Å². The van der Waals surface area contributed by atoms with Gasteiger partial charge in [-0.05, 0) is 37.6 Å². The molecule has 0 unspecified atom stereocenters. The highest BCUT2D eigenvalue weighted by molar-refractivity contribution is 6.28. The number of fused-ring (bicyclic) bond motifs is 2. The monoisotopic (exact) mass is 801 g/mol. The Hall–Kier alpha value is -5.48. The number of aromatic hydroxyl groups is 2. The highest BCUT2D eigenvalue weighted by Crippen LogP contribution is 2.54. The van der Waals surface area contributed by atoms with Crippen molar-refractivity contribution in [1.29, 1.82) is 0 Å². The summed E-state index contributed by atoms with van der Waals surface area (Å²) in [6.07, 6.45) is 4.98. The van der Waals surface area contributed by atoms with Crippen molar-refractivity contribution in [3.8, 4) is 17.2 Å². The number of Topliss-reactive ketones (excluding diaryl/α,β-unsaturated/α-hetero) is 1. The van der Waals surface area contributed by atoms with E-state index in [1.165, 1.54) is 52.4 Å². The Morgan fingerprint density at radius 2 is 1.72 bits per heavy atom. The van der Waals surface area contributed by atoms with Crippen LogP contribution in [0.25, 0.3) is 27.5 Å². The number of hydrogen-bond donors (Lipinski definition) is 6. The summed E-state index contributed by atoms with van der Waals surface area (Å²) in [5, 5.41) is 59.5. The predicted octanol–water partition coefficient (Wildman–Crippen LogP) is 5.13. The van der Waals surface area contributed by atoms with Crippen molar-refractivity contribution in [3.05, 3.63) is 71.2 Å². The van der Waals surface area contributed by atoms with Gasteiger partial charge in [-0.15, -0.1) is 0 Å². The minimum Gasteiger partial charge on any atom is -0.507 e. The molecule has 0 fully saturated rings. The molecule has 6 rings (SSSR count). The van der Waals surface area contributed by atoms with E-state index in [0.717, 1.165) is 5.56 Å². The maximum Gasteiger partial charge on any atom is 0.312 e. The van der Waals surface area contributed by atoms with Gasteiger partial charge >= 0.3 is 11.8 Å². The lowest BCUT2D eigenvalue weighted by atomic mass is 9.78. The third-order valence-corrected chi connectivity index (χ3v) is 11.6. The average molecular weight is 802 g/mol. The third-order valence-electron chi connectivity index (χ3n) is 11.6. The fourth-order valence-electron chi connectivity index (χ4n) is 8.11. The normalized spacial score (nSPS) is 28.5. The number of hydrogen-bond acceptors (Lipinski definition) is 13. The molecule has 0 spiro atoms. The number of esters is 1. The zero-order valence-electron chi connectivity index (χ0n) is 33.9. The number of ketones is 1. The van der Waals surface area contributed by atoms with Crippen LogP contribution in [0.5, 0.6) is 17.2 Å². The lowest BCUT2D eigenvalue weighted by Crippen LogP contribution is -2.46. The van der Waals surface area contributed by atoms with E-state index in [0.29, 0.717) is 5.65 Å². The van der Waals surface area contributed by atoms with Crippen molar-refractivity contribution < 1.29 is 58.9 Å². The van der Waals surface area contributed by atoms with E-state index in [-0.39, 0.29) is 49.9 Å². The third kappa shape index (κ3) is 7.16. The number of rotatable bonds is 3. The number of amides is 1. The standard InChI is InChI=1S/C43H51N3O12/c1-19-13-15-46-28(17-19)44-32-29-30-37(51)24(6)40-31(29)41(53)43(8,58-40)56-16-14-27(55-9)21(3)39(57-25(7)48)23(5)36(50)22(4)35(49)20(2)11-10-12-26(18-47)42(54)45-33(34(32)46)38(30)52/h10-17,20-23,27,35-36,39,47,49-52H,18H2,1-9H3,(H,45,54)/t20-,21+,22+,23+,27-,35-,36+,39+,43-/m0/s1. The molecule has 0 saturated carbocycles. The summed E-state index contributed by atoms with van der Waals surface area (Å²) in [7, 11) is 1.45. The van der Waals surface area contributed by atoms with Crippen LogP contribution in [0.1, 0.15) is 63.0 Å². The number of carbonyl (C=O) groups is 3. The fraction of sp³-hybridized carbons (Fsp3) is 0.442. The van der Waals surface area contributed by atoms with Crippen LogP contribution in [-0.4, -0.2) is 96.5 Å². The lowest BCUT2D eigenvalue weighted by Gasteiger charge is -2.38. The van der Waals surface area contributed by atoms with Gasteiger partial charge in [0.1, 0.15) is 40.0 Å². The number of aromatic nitrogens is 2. The number of imidazole rings is 1. The number of nitrogens with one attached hydrogen (secondary N) is 1. The molecule has 1 amide bonds. The first-order valence-electron chi connectivity index (χ1n) is 19.1. The molecule has 6 N–H and O–H groups in total. The second-order valence-electron chi connectivity index (χ2n) is 15.6. The Kier molecular flexibility index (Phi) is 11.7. The fourth-order valence-corrected chi connectivity index (χ4v) is 8.11. The lowest BCUT2D eigenvalue weighted by molar-refractivity contribution is -0.160. The van der Waals surface area contributed by atoms with Crippen LogP contribution >= 0.6 is 0 Å². The molecule has 4 aromatic rings. The molecule has 0 aliphatic carbocycles. The number of phenolic OH excluding ortho intramolecular Hbond substituents is 2. The van der Waals surface area contributed by atoms with Crippen LogP contribution in [0.2, 0.25) is 0 Å². The quantitative estimate of drug-likeness (QED) is 0.117. The van der Waals surface area contributed by atoms with Crippen LogP contribution < -0.4 is 10.1 Å². The summed E-state index contributed by atoms with van der Waals surface area (Å²) >= 11 is 0. The Balaban J connectivity index is 1.59. The number of pyridine rings is 1. The molecule has 2 aliphatic rings. The zero-order chi connectivity index (χ0) is 42.5. The summed E-state index contributed by atoms with van der Waals surface area (Å²) in [6, 6.07) is 3.57. The van der Waals surface area contributed by atoms with Gasteiger partial charge in [-0.3, -0.25) is 18.8 Å². The highest BCUT2D eigenvalue weighted by Gasteiger charge is 2.50. The predicted molar refractivity (Wildman–Crippen MR) is 215 cm³/mol. The average Bonchev–Trinajstić information content (AvgIpc) is 3.69. The Morgan fingerprint density at radius 3 is 2.38 bits per heavy atom. The first-order chi connectivity index (χ1) is 27.4. The number of anilines is 1. The number of nitrogens with zero attached hydrogens (tertiary/aromatic N) is 2. The van der Waals surface area contributed by atoms with Gasteiger partial charge in [0, 0.05) is 67.3 Å². The minimum absolute atomic E-state index is 0.000591. The van der Waals surface area contributed by atoms with Gasteiger partial charge in [0.25, 0.3) is 11.7 Å². The van der Waals surface area contributed by atoms with Crippen LogP contribution in [0, 0.1) is 37.5 Å². The second kappa shape index (κ2) is 16.0. The molecule has 310 valence electrons. The molecule has 0 saturated heterocycles. The Bertz CT molecular complexity index is 2400. The van der Waals surface area contributed by atoms with E-state index in [1.807, 2.05) is 6.92 Å². The molecular formula is C43H51N3O12. The number of ether oxygens (including phenoxy) is 4. The topological polar surface area (TPSA) is 219 Å². The SMILES string of the molecule is CO[C@H]1C=CO[C@@]2(C)Oc3c(C)c(O)c4c(O)c(c5c(nc6cc(C)ccn65)c4c3C2=O)NC(=O)C(CO)=CC=C[C@H](C)[C@H](O)[C@@H](C)[C@@H](O)[C@@H](C)[C@H](OC(C)=O)[C@@H]1C. The number of aryl methyl sites for hydroxylation is 1. The van der Waals surface area contributed by atoms with E-state index in [1.54, 1.807) is 56.5 Å². The number of methoxy groups -OCH3 is 1. The first-order valence-corrected chi connectivity index (χ1v) is 19.1. The van der Waals surface area contributed by atoms with Gasteiger partial charge in [-0.25, -0.2) is 4.98 Å². The number of benzene rings is 2. The summed E-state index contributed by atoms with van der Waals surface area (Å²) < 4.78 is 25.4. The number of phenols is 2. The first kappa shape index (κ1) is 42.1. The summed E-state index contributed by atoms with van der Waals surface area (Å²) in [5.74, 6) is -7.59. The number of carbonyl (C=O) groups excluding carboxylic acids is 3. The molecular weight excluding hydrogens is 750 g/mol. The Labute approximate surface area is 335 Å². The number of aliphatic hydroxyl groups is 3. The summed E-state index contributed by atoms with van der Waals surface area (Å²) in [4.78, 5) is 45.6. The van der Waals surface area contributed by atoms with E-state index in [4.69, 9.17) is 23.9 Å². The molecule has 2 aliphatic heterocycles. The highest BCUT2D eigenvalue weighted by atomic mass is 16.7. The molecule has 4 bridgehead atoms. The van der Waals surface area contributed by atoms with Crippen molar-refractivity contribution in [2.24, 2.45) is 23.7 Å². The zero-order valence-corrected chi connectivity index (χ0v) is 33.9. The Morgan fingerprint density at radius 1 is 1.02 bits per heavy atom. The molecule has 15 nitrogen and oxygen atoms in total. The molecule has 4 heterocycles. The van der Waals surface area contributed by atoms with Crippen LogP contribution in [0.3, 0.4) is 0 Å². The van der Waals surface area contributed by atoms with Crippen molar-refractivity contribution in [2.45, 2.75) is 85.6 Å². The van der Waals surface area contributed by atoms with Crippen molar-refractivity contribution >= 4 is 50.8 Å². The number of allylic oxidation sites excluding steroid dienone is 2. The maximum atomic E-state index is 14.6. The smallest absolute Gasteiger partial charge is 0.312 e. The second-order valence-corrected chi connectivity index (χ2v) is 15.6. The van der Waals surface area contributed by atoms with Gasteiger partial charge in [0.2, 0.25) is 0 Å². The van der Waals surface area contributed by atoms with Crippen molar-refractivity contribution in [1.82, 2.24) is 9.38 Å². The molecule has 15 heteroatoms. The summed E-state index contributed by atoms with van der Waals surface area (Å²) in [6.45, 7) is 12.2. The molecule has 2 aromatic heterocycles. The van der Waals surface area contributed by atoms with Crippen LogP contribution in [-0.2, 0) is 23.8 Å². The van der Waals surface area contributed by atoms with Gasteiger partial charge < -0.3 is 49.8 Å². The van der Waals surface area contributed by atoms with E-state index >= 15 is 0 Å². The summed E-state index contributed by atoms with van der Waals surface area (Å²) in [5.41, 5.74) is 1.44. The largest absolute Gasteiger partial charge is 0.507 e. The number of aliphatic hydroxyl groups excluding tert-OH is 3. The van der Waals surface area contributed by atoms with Gasteiger partial charge in [0.15, 0.2) is 5.75 Å². The van der Waals surface area contributed by atoms with Crippen LogP contribution in [0.15, 0.2) is 54.5 Å². The van der Waals surface area contributed by atoms with E-state index < -0.39 is 89.6 Å². The van der Waals surface area contributed by atoms with Crippen LogP contribution in [0.4, 0.5) is 5.69 Å². The van der Waals surface area contributed by atoms with Gasteiger partial charge in [-0.2, -0.15) is 0 Å². The minimum atomic E-state index is -1.99. The maximum absolute atomic E-state index is 14.6. The molecule has 9 atom stereocenters.